The second kappa shape index (κ2) is 5.87. The summed E-state index contributed by atoms with van der Waals surface area (Å²) in [6.45, 7) is 2.67. The lowest BCUT2D eigenvalue weighted by Gasteiger charge is -2.20. The van der Waals surface area contributed by atoms with E-state index in [2.05, 4.69) is 10.2 Å². The maximum absolute atomic E-state index is 13.3. The molecule has 0 radical (unpaired) electrons. The molecule has 9 heteroatoms. The third-order valence-corrected chi connectivity index (χ3v) is 6.06. The monoisotopic (exact) mass is 366 g/mol. The number of hydrogen-bond donors (Lipinski definition) is 1. The Morgan fingerprint density at radius 2 is 1.92 bits per heavy atom. The molecule has 1 aromatic rings. The molecule has 0 spiro atoms. The number of likely N-dealkylation sites (tertiary alicyclic amines) is 1. The summed E-state index contributed by atoms with van der Waals surface area (Å²) in [5.41, 5.74) is -5.68. The lowest BCUT2D eigenvalue weighted by molar-refractivity contribution is -0.0435. The first-order chi connectivity index (χ1) is 11.1. The second-order valence-electron chi connectivity index (χ2n) is 6.44. The van der Waals surface area contributed by atoms with Gasteiger partial charge in [-0.1, -0.05) is 0 Å². The van der Waals surface area contributed by atoms with E-state index in [1.165, 1.54) is 0 Å². The van der Waals surface area contributed by atoms with Crippen LogP contribution in [0, 0.1) is 5.82 Å². The largest absolute Gasteiger partial charge is 0.501 e. The summed E-state index contributed by atoms with van der Waals surface area (Å²) >= 11 is 0. The Morgan fingerprint density at radius 1 is 1.25 bits per heavy atom. The van der Waals surface area contributed by atoms with Gasteiger partial charge >= 0.3 is 5.51 Å². The summed E-state index contributed by atoms with van der Waals surface area (Å²) in [4.78, 5) is 1.21. The molecule has 1 saturated heterocycles. The zero-order chi connectivity index (χ0) is 17.7. The standard InChI is InChI=1S/C15H18F4N2O2S/c1-9-6-11(8-21(9)12-3-4-12)20-13-5-2-10(16)7-14(13)24(22,23)15(17,18)19/h2,5,7,9,11-12,20H,3-4,6,8H2,1H3. The molecule has 1 aliphatic carbocycles. The Balaban J connectivity index is 1.86. The number of nitrogens with one attached hydrogen (secondary N) is 1. The maximum Gasteiger partial charge on any atom is 0.501 e. The van der Waals surface area contributed by atoms with Gasteiger partial charge in [-0.25, -0.2) is 12.8 Å². The molecule has 2 fully saturated rings. The van der Waals surface area contributed by atoms with Gasteiger partial charge in [0, 0.05) is 24.7 Å². The average molecular weight is 366 g/mol. The number of hydrogen-bond acceptors (Lipinski definition) is 4. The highest BCUT2D eigenvalue weighted by atomic mass is 32.2. The van der Waals surface area contributed by atoms with Crippen LogP contribution in [0.25, 0.3) is 0 Å². The molecular weight excluding hydrogens is 348 g/mol. The Kier molecular flexibility index (Phi) is 4.28. The molecule has 1 aliphatic heterocycles. The van der Waals surface area contributed by atoms with Crippen LogP contribution in [0.1, 0.15) is 26.2 Å². The van der Waals surface area contributed by atoms with Gasteiger partial charge in [0.05, 0.1) is 5.69 Å². The third-order valence-electron chi connectivity index (χ3n) is 4.54. The Hall–Kier alpha value is -1.35. The van der Waals surface area contributed by atoms with E-state index in [1.807, 2.05) is 6.92 Å². The van der Waals surface area contributed by atoms with Crippen molar-refractivity contribution in [2.75, 3.05) is 11.9 Å². The molecule has 1 saturated carbocycles. The van der Waals surface area contributed by atoms with Crippen LogP contribution in [-0.4, -0.2) is 43.5 Å². The molecule has 2 atom stereocenters. The summed E-state index contributed by atoms with van der Waals surface area (Å²) < 4.78 is 75.3. The summed E-state index contributed by atoms with van der Waals surface area (Å²) in [6.07, 6.45) is 2.92. The molecule has 0 aromatic heterocycles. The quantitative estimate of drug-likeness (QED) is 0.832. The number of alkyl halides is 3. The van der Waals surface area contributed by atoms with E-state index in [4.69, 9.17) is 0 Å². The van der Waals surface area contributed by atoms with Crippen LogP contribution in [0.5, 0.6) is 0 Å². The molecule has 2 aliphatic rings. The van der Waals surface area contributed by atoms with E-state index in [0.29, 0.717) is 25.1 Å². The summed E-state index contributed by atoms with van der Waals surface area (Å²) in [6, 6.07) is 3.04. The van der Waals surface area contributed by atoms with Crippen molar-refractivity contribution in [2.45, 2.75) is 54.7 Å². The van der Waals surface area contributed by atoms with E-state index in [1.54, 1.807) is 0 Å². The van der Waals surface area contributed by atoms with Gasteiger partial charge < -0.3 is 5.32 Å². The third kappa shape index (κ3) is 3.23. The smallest absolute Gasteiger partial charge is 0.380 e. The fraction of sp³-hybridized carbons (Fsp3) is 0.600. The van der Waals surface area contributed by atoms with Crippen molar-refractivity contribution in [2.24, 2.45) is 0 Å². The number of anilines is 1. The highest BCUT2D eigenvalue weighted by Crippen LogP contribution is 2.37. The molecular formula is C15H18F4N2O2S. The van der Waals surface area contributed by atoms with Gasteiger partial charge in [-0.3, -0.25) is 4.90 Å². The van der Waals surface area contributed by atoms with E-state index in [-0.39, 0.29) is 17.8 Å². The van der Waals surface area contributed by atoms with Crippen LogP contribution in [0.2, 0.25) is 0 Å². The zero-order valence-electron chi connectivity index (χ0n) is 13.0. The van der Waals surface area contributed by atoms with Gasteiger partial charge in [0.25, 0.3) is 9.84 Å². The van der Waals surface area contributed by atoms with Crippen LogP contribution in [0.15, 0.2) is 23.1 Å². The normalized spacial score (nSPS) is 25.9. The van der Waals surface area contributed by atoms with Crippen LogP contribution >= 0.6 is 0 Å². The Labute approximate surface area is 137 Å². The van der Waals surface area contributed by atoms with Crippen LogP contribution in [0.3, 0.4) is 0 Å². The number of benzene rings is 1. The summed E-state index contributed by atoms with van der Waals surface area (Å²) in [5.74, 6) is -1.03. The predicted molar refractivity (Wildman–Crippen MR) is 80.9 cm³/mol. The molecule has 1 heterocycles. The number of rotatable bonds is 4. The highest BCUT2D eigenvalue weighted by molar-refractivity contribution is 7.92. The van der Waals surface area contributed by atoms with E-state index in [0.717, 1.165) is 25.0 Å². The molecule has 3 rings (SSSR count). The molecule has 0 amide bonds. The SMILES string of the molecule is CC1CC(Nc2ccc(F)cc2S(=O)(=O)C(F)(F)F)CN1C1CC1. The van der Waals surface area contributed by atoms with Crippen molar-refractivity contribution in [3.63, 3.8) is 0 Å². The minimum absolute atomic E-state index is 0.173. The van der Waals surface area contributed by atoms with Crippen molar-refractivity contribution < 1.29 is 26.0 Å². The van der Waals surface area contributed by atoms with Crippen molar-refractivity contribution >= 4 is 15.5 Å². The average Bonchev–Trinajstić information content (AvgIpc) is 3.24. The molecule has 2 unspecified atom stereocenters. The Bertz CT molecular complexity index is 731. The van der Waals surface area contributed by atoms with Crippen molar-refractivity contribution in [3.8, 4) is 0 Å². The zero-order valence-corrected chi connectivity index (χ0v) is 13.8. The first kappa shape index (κ1) is 17.5. The molecule has 134 valence electrons. The van der Waals surface area contributed by atoms with E-state index < -0.39 is 26.1 Å². The minimum Gasteiger partial charge on any atom is -0.380 e. The molecule has 1 N–H and O–H groups in total. The van der Waals surface area contributed by atoms with Crippen molar-refractivity contribution in [3.05, 3.63) is 24.0 Å². The van der Waals surface area contributed by atoms with Crippen LogP contribution < -0.4 is 5.32 Å². The molecule has 4 nitrogen and oxygen atoms in total. The summed E-state index contributed by atoms with van der Waals surface area (Å²) in [5, 5.41) is 2.87. The predicted octanol–water partition coefficient (Wildman–Crippen LogP) is 3.16. The lowest BCUT2D eigenvalue weighted by atomic mass is 10.2. The van der Waals surface area contributed by atoms with E-state index >= 15 is 0 Å². The molecule has 24 heavy (non-hydrogen) atoms. The number of sulfone groups is 1. The van der Waals surface area contributed by atoms with Gasteiger partial charge in [-0.05, 0) is 44.4 Å². The van der Waals surface area contributed by atoms with Gasteiger partial charge in [-0.15, -0.1) is 0 Å². The summed E-state index contributed by atoms with van der Waals surface area (Å²) in [7, 11) is -5.62. The van der Waals surface area contributed by atoms with Gasteiger partial charge in [0.1, 0.15) is 10.7 Å². The number of nitrogens with zero attached hydrogens (tertiary/aromatic N) is 1. The fourth-order valence-electron chi connectivity index (χ4n) is 3.26. The lowest BCUT2D eigenvalue weighted by Crippen LogP contribution is -2.31. The highest BCUT2D eigenvalue weighted by Gasteiger charge is 2.48. The minimum atomic E-state index is -5.62. The first-order valence-corrected chi connectivity index (χ1v) is 9.21. The van der Waals surface area contributed by atoms with Gasteiger partial charge in [-0.2, -0.15) is 13.2 Å². The van der Waals surface area contributed by atoms with Crippen molar-refractivity contribution in [1.82, 2.24) is 4.90 Å². The Morgan fingerprint density at radius 3 is 2.50 bits per heavy atom. The van der Waals surface area contributed by atoms with Crippen molar-refractivity contribution in [1.29, 1.82) is 0 Å². The van der Waals surface area contributed by atoms with Gasteiger partial charge in [0.15, 0.2) is 0 Å². The maximum atomic E-state index is 13.3. The van der Waals surface area contributed by atoms with E-state index in [9.17, 15) is 26.0 Å². The number of halogens is 4. The fourth-order valence-corrected chi connectivity index (χ4v) is 4.19. The second-order valence-corrected chi connectivity index (χ2v) is 8.35. The van der Waals surface area contributed by atoms with Crippen LogP contribution in [-0.2, 0) is 9.84 Å². The van der Waals surface area contributed by atoms with Crippen LogP contribution in [0.4, 0.5) is 23.2 Å². The molecule has 0 bridgehead atoms. The molecule has 1 aromatic carbocycles. The first-order valence-electron chi connectivity index (χ1n) is 7.73. The van der Waals surface area contributed by atoms with Gasteiger partial charge in [0.2, 0.25) is 0 Å². The topological polar surface area (TPSA) is 49.4 Å².